The third-order valence-corrected chi connectivity index (χ3v) is 5.17. The van der Waals surface area contributed by atoms with Crippen molar-refractivity contribution in [2.75, 3.05) is 6.54 Å². The van der Waals surface area contributed by atoms with Crippen LogP contribution in [0.5, 0.6) is 0 Å². The number of rotatable bonds is 6. The molecule has 1 unspecified atom stereocenters. The van der Waals surface area contributed by atoms with Crippen LogP contribution in [0, 0.1) is 0 Å². The fourth-order valence-corrected chi connectivity index (χ4v) is 3.60. The molecular weight excluding hydrogens is 361 g/mol. The zero-order valence-electron chi connectivity index (χ0n) is 11.7. The quantitative estimate of drug-likeness (QED) is 0.814. The zero-order chi connectivity index (χ0) is 17.0. The minimum atomic E-state index is -3.80. The summed E-state index contributed by atoms with van der Waals surface area (Å²) >= 11 is 11.8. The maximum Gasteiger partial charge on any atom is 0.312 e. The molecule has 0 heterocycles. The van der Waals surface area contributed by atoms with Crippen molar-refractivity contribution in [1.82, 2.24) is 4.72 Å². The predicted molar refractivity (Wildman–Crippen MR) is 88.5 cm³/mol. The van der Waals surface area contributed by atoms with E-state index in [1.54, 1.807) is 18.2 Å². The summed E-state index contributed by atoms with van der Waals surface area (Å²) in [5, 5.41) is 9.90. The first kappa shape index (κ1) is 17.7. The molecule has 23 heavy (non-hydrogen) atoms. The number of hydrogen-bond acceptors (Lipinski definition) is 3. The van der Waals surface area contributed by atoms with Crippen LogP contribution in [0.4, 0.5) is 0 Å². The Morgan fingerprint density at radius 2 is 1.78 bits per heavy atom. The SMILES string of the molecule is O=C(O)C(CNS(=O)(=O)c1ccccc1)c1ccc(Cl)cc1Cl. The van der Waals surface area contributed by atoms with Gasteiger partial charge < -0.3 is 5.11 Å². The Morgan fingerprint density at radius 1 is 1.13 bits per heavy atom. The Balaban J connectivity index is 2.23. The topological polar surface area (TPSA) is 83.5 Å². The van der Waals surface area contributed by atoms with Gasteiger partial charge in [-0.1, -0.05) is 47.5 Å². The van der Waals surface area contributed by atoms with Gasteiger partial charge in [0.1, 0.15) is 0 Å². The molecule has 0 spiro atoms. The smallest absolute Gasteiger partial charge is 0.312 e. The van der Waals surface area contributed by atoms with Crippen LogP contribution in [0.25, 0.3) is 0 Å². The molecule has 5 nitrogen and oxygen atoms in total. The molecule has 1 atom stereocenters. The van der Waals surface area contributed by atoms with E-state index in [2.05, 4.69) is 4.72 Å². The monoisotopic (exact) mass is 373 g/mol. The number of hydrogen-bond donors (Lipinski definition) is 2. The van der Waals surface area contributed by atoms with Crippen LogP contribution >= 0.6 is 23.2 Å². The molecule has 0 saturated carbocycles. The molecule has 2 N–H and O–H groups in total. The van der Waals surface area contributed by atoms with Crippen LogP contribution in [0.15, 0.2) is 53.4 Å². The fourth-order valence-electron chi connectivity index (χ4n) is 1.99. The molecule has 2 rings (SSSR count). The number of halogens is 2. The summed E-state index contributed by atoms with van der Waals surface area (Å²) < 4.78 is 26.6. The molecule has 0 aromatic heterocycles. The maximum atomic E-state index is 12.2. The number of carboxylic acids is 1. The molecule has 0 aliphatic rings. The summed E-state index contributed by atoms with van der Waals surface area (Å²) in [5.74, 6) is -2.32. The Bertz CT molecular complexity index is 809. The first-order valence-electron chi connectivity index (χ1n) is 6.54. The van der Waals surface area contributed by atoms with Gasteiger partial charge in [0.2, 0.25) is 10.0 Å². The molecule has 0 aliphatic carbocycles. The lowest BCUT2D eigenvalue weighted by Crippen LogP contribution is -2.31. The Morgan fingerprint density at radius 3 is 2.35 bits per heavy atom. The van der Waals surface area contributed by atoms with E-state index >= 15 is 0 Å². The summed E-state index contributed by atoms with van der Waals surface area (Å²) in [6.07, 6.45) is 0. The van der Waals surface area contributed by atoms with Gasteiger partial charge in [-0.2, -0.15) is 0 Å². The number of benzene rings is 2. The van der Waals surface area contributed by atoms with Gasteiger partial charge in [0.15, 0.2) is 0 Å². The number of nitrogens with one attached hydrogen (secondary N) is 1. The molecule has 0 amide bonds. The van der Waals surface area contributed by atoms with E-state index in [-0.39, 0.29) is 16.5 Å². The minimum Gasteiger partial charge on any atom is -0.481 e. The standard InChI is InChI=1S/C15H13Cl2NO4S/c16-10-6-7-12(14(17)8-10)13(15(19)20)9-18-23(21,22)11-4-2-1-3-5-11/h1-8,13,18H,9H2,(H,19,20). The van der Waals surface area contributed by atoms with Gasteiger partial charge in [-0.25, -0.2) is 13.1 Å². The second kappa shape index (κ2) is 7.31. The normalized spacial score (nSPS) is 12.8. The van der Waals surface area contributed by atoms with Gasteiger partial charge in [-0.15, -0.1) is 0 Å². The molecule has 0 bridgehead atoms. The molecule has 0 saturated heterocycles. The lowest BCUT2D eigenvalue weighted by Gasteiger charge is -2.15. The molecular formula is C15H13Cl2NO4S. The van der Waals surface area contributed by atoms with Gasteiger partial charge in [0.05, 0.1) is 10.8 Å². The van der Waals surface area contributed by atoms with Crippen LogP contribution in [-0.4, -0.2) is 26.0 Å². The van der Waals surface area contributed by atoms with Crippen LogP contribution in [-0.2, 0) is 14.8 Å². The molecule has 2 aromatic carbocycles. The zero-order valence-corrected chi connectivity index (χ0v) is 14.1. The van der Waals surface area contributed by atoms with Crippen molar-refractivity contribution in [1.29, 1.82) is 0 Å². The third-order valence-electron chi connectivity index (χ3n) is 3.17. The van der Waals surface area contributed by atoms with Gasteiger partial charge in [-0.3, -0.25) is 4.79 Å². The second-order valence-corrected chi connectivity index (χ2v) is 7.33. The summed E-state index contributed by atoms with van der Waals surface area (Å²) in [7, 11) is -3.80. The third kappa shape index (κ3) is 4.45. The largest absolute Gasteiger partial charge is 0.481 e. The van der Waals surface area contributed by atoms with Crippen LogP contribution in [0.3, 0.4) is 0 Å². The van der Waals surface area contributed by atoms with Crippen LogP contribution in [0.2, 0.25) is 10.0 Å². The van der Waals surface area contributed by atoms with Gasteiger partial charge >= 0.3 is 5.97 Å². The number of sulfonamides is 1. The van der Waals surface area contributed by atoms with Crippen molar-refractivity contribution < 1.29 is 18.3 Å². The Kier molecular flexibility index (Phi) is 5.64. The van der Waals surface area contributed by atoms with Crippen molar-refractivity contribution in [2.24, 2.45) is 0 Å². The van der Waals surface area contributed by atoms with Crippen molar-refractivity contribution in [3.05, 3.63) is 64.1 Å². The van der Waals surface area contributed by atoms with Crippen molar-refractivity contribution in [3.8, 4) is 0 Å². The predicted octanol–water partition coefficient (Wildman–Crippen LogP) is 3.14. The van der Waals surface area contributed by atoms with E-state index in [9.17, 15) is 18.3 Å². The average molecular weight is 374 g/mol. The van der Waals surface area contributed by atoms with Crippen LogP contribution in [0.1, 0.15) is 11.5 Å². The average Bonchev–Trinajstić information content (AvgIpc) is 2.50. The van der Waals surface area contributed by atoms with E-state index in [1.165, 1.54) is 30.3 Å². The first-order chi connectivity index (χ1) is 10.8. The van der Waals surface area contributed by atoms with E-state index in [0.29, 0.717) is 10.6 Å². The van der Waals surface area contributed by atoms with E-state index in [1.807, 2.05) is 0 Å². The highest BCUT2D eigenvalue weighted by atomic mass is 35.5. The Hall–Kier alpha value is -1.60. The molecule has 0 radical (unpaired) electrons. The van der Waals surface area contributed by atoms with Crippen molar-refractivity contribution in [2.45, 2.75) is 10.8 Å². The van der Waals surface area contributed by atoms with Gasteiger partial charge in [0.25, 0.3) is 0 Å². The van der Waals surface area contributed by atoms with Crippen LogP contribution < -0.4 is 4.72 Å². The highest BCUT2D eigenvalue weighted by Crippen LogP contribution is 2.28. The highest BCUT2D eigenvalue weighted by molar-refractivity contribution is 7.89. The molecule has 0 fully saturated rings. The lowest BCUT2D eigenvalue weighted by molar-refractivity contribution is -0.138. The number of aliphatic carboxylic acids is 1. The van der Waals surface area contributed by atoms with E-state index in [0.717, 1.165) is 0 Å². The van der Waals surface area contributed by atoms with Crippen molar-refractivity contribution in [3.63, 3.8) is 0 Å². The molecule has 8 heteroatoms. The maximum absolute atomic E-state index is 12.2. The van der Waals surface area contributed by atoms with Crippen molar-refractivity contribution >= 4 is 39.2 Å². The summed E-state index contributed by atoms with van der Waals surface area (Å²) in [6.45, 7) is -0.325. The lowest BCUT2D eigenvalue weighted by atomic mass is 9.99. The molecule has 2 aromatic rings. The minimum absolute atomic E-state index is 0.0614. The Labute approximate surface area is 143 Å². The first-order valence-corrected chi connectivity index (χ1v) is 8.77. The van der Waals surface area contributed by atoms with E-state index in [4.69, 9.17) is 23.2 Å². The molecule has 122 valence electrons. The number of carboxylic acid groups (broad SMARTS) is 1. The summed E-state index contributed by atoms with van der Waals surface area (Å²) in [5.41, 5.74) is 0.291. The van der Waals surface area contributed by atoms with Gasteiger partial charge in [0, 0.05) is 16.6 Å². The van der Waals surface area contributed by atoms with E-state index < -0.39 is 21.9 Å². The number of carbonyl (C=O) groups is 1. The van der Waals surface area contributed by atoms with Gasteiger partial charge in [-0.05, 0) is 29.8 Å². The highest BCUT2D eigenvalue weighted by Gasteiger charge is 2.25. The summed E-state index contributed by atoms with van der Waals surface area (Å²) in [6, 6.07) is 12.1. The fraction of sp³-hybridized carbons (Fsp3) is 0.133. The molecule has 0 aliphatic heterocycles. The second-order valence-electron chi connectivity index (χ2n) is 4.72. The summed E-state index contributed by atoms with van der Waals surface area (Å²) in [4.78, 5) is 11.5.